The van der Waals surface area contributed by atoms with Crippen molar-refractivity contribution in [1.29, 1.82) is 0 Å². The van der Waals surface area contributed by atoms with E-state index in [-0.39, 0.29) is 11.7 Å². The highest BCUT2D eigenvalue weighted by Gasteiger charge is 2.21. The van der Waals surface area contributed by atoms with E-state index in [9.17, 15) is 9.18 Å². The molecule has 0 aliphatic carbocycles. The van der Waals surface area contributed by atoms with Crippen molar-refractivity contribution in [2.24, 2.45) is 0 Å². The fourth-order valence-corrected chi connectivity index (χ4v) is 3.84. The molecule has 2 aromatic carbocycles. The molecule has 1 amide bonds. The highest BCUT2D eigenvalue weighted by Crippen LogP contribution is 2.29. The monoisotopic (exact) mass is 461 g/mol. The minimum atomic E-state index is -0.282. The van der Waals surface area contributed by atoms with Crippen LogP contribution in [-0.4, -0.2) is 43.0 Å². The van der Waals surface area contributed by atoms with Crippen LogP contribution >= 0.6 is 27.3 Å². The number of anilines is 1. The van der Waals surface area contributed by atoms with Crippen LogP contribution in [0.2, 0.25) is 0 Å². The quantitative estimate of drug-likeness (QED) is 0.478. The molecule has 146 valence electrons. The standard InChI is InChI=1S/C21H21BrFN3OS/c1-25(2)12-3-13-26(20(27)16-4-8-17(22)9-5-16)21-24-19(14-28-21)15-6-10-18(23)11-7-15/h4-11,14H,3,12-13H2,1-2H3. The number of carbonyl (C=O) groups is 1. The van der Waals surface area contributed by atoms with Gasteiger partial charge in [0.05, 0.1) is 5.69 Å². The summed E-state index contributed by atoms with van der Waals surface area (Å²) in [6.07, 6.45) is 0.834. The average Bonchev–Trinajstić information content (AvgIpc) is 3.15. The Hall–Kier alpha value is -2.09. The fourth-order valence-electron chi connectivity index (χ4n) is 2.72. The van der Waals surface area contributed by atoms with Crippen molar-refractivity contribution in [2.75, 3.05) is 32.1 Å². The van der Waals surface area contributed by atoms with Crippen molar-refractivity contribution in [1.82, 2.24) is 9.88 Å². The van der Waals surface area contributed by atoms with Gasteiger partial charge in [0.1, 0.15) is 5.82 Å². The fraction of sp³-hybridized carbons (Fsp3) is 0.238. The average molecular weight is 462 g/mol. The van der Waals surface area contributed by atoms with Crippen LogP contribution in [0.3, 0.4) is 0 Å². The molecule has 0 spiro atoms. The Morgan fingerprint density at radius 2 is 1.75 bits per heavy atom. The predicted octanol–water partition coefficient (Wildman–Crippen LogP) is 5.31. The third-order valence-corrected chi connectivity index (χ3v) is 5.58. The van der Waals surface area contributed by atoms with Crippen LogP contribution < -0.4 is 4.90 Å². The minimum absolute atomic E-state index is 0.0775. The van der Waals surface area contributed by atoms with Gasteiger partial charge in [-0.25, -0.2) is 9.37 Å². The van der Waals surface area contributed by atoms with Crippen molar-refractivity contribution in [2.45, 2.75) is 6.42 Å². The lowest BCUT2D eigenvalue weighted by Crippen LogP contribution is -2.33. The molecule has 0 saturated carbocycles. The summed E-state index contributed by atoms with van der Waals surface area (Å²) >= 11 is 4.82. The lowest BCUT2D eigenvalue weighted by Gasteiger charge is -2.21. The van der Waals surface area contributed by atoms with Gasteiger partial charge in [0.15, 0.2) is 5.13 Å². The third kappa shape index (κ3) is 5.25. The van der Waals surface area contributed by atoms with E-state index in [1.165, 1.54) is 23.5 Å². The van der Waals surface area contributed by atoms with Gasteiger partial charge in [0.2, 0.25) is 0 Å². The van der Waals surface area contributed by atoms with Crippen LogP contribution in [0.1, 0.15) is 16.8 Å². The van der Waals surface area contributed by atoms with E-state index in [0.717, 1.165) is 28.7 Å². The molecule has 0 saturated heterocycles. The molecule has 0 unspecified atom stereocenters. The molecule has 1 heterocycles. The molecule has 0 aliphatic heterocycles. The molecular weight excluding hydrogens is 441 g/mol. The number of aromatic nitrogens is 1. The normalized spacial score (nSPS) is 11.0. The zero-order valence-corrected chi connectivity index (χ0v) is 18.1. The van der Waals surface area contributed by atoms with Gasteiger partial charge in [-0.3, -0.25) is 9.69 Å². The first-order valence-electron chi connectivity index (χ1n) is 8.87. The summed E-state index contributed by atoms with van der Waals surface area (Å²) in [6, 6.07) is 13.5. The van der Waals surface area contributed by atoms with Gasteiger partial charge in [0.25, 0.3) is 5.91 Å². The van der Waals surface area contributed by atoms with Gasteiger partial charge < -0.3 is 4.90 Å². The van der Waals surface area contributed by atoms with Gasteiger partial charge in [-0.15, -0.1) is 11.3 Å². The van der Waals surface area contributed by atoms with Crippen molar-refractivity contribution in [3.63, 3.8) is 0 Å². The van der Waals surface area contributed by atoms with E-state index >= 15 is 0 Å². The van der Waals surface area contributed by atoms with Crippen LogP contribution in [0.4, 0.5) is 9.52 Å². The molecule has 28 heavy (non-hydrogen) atoms. The molecule has 1 aromatic heterocycles. The Kier molecular flexibility index (Phi) is 6.93. The largest absolute Gasteiger partial charge is 0.309 e. The summed E-state index contributed by atoms with van der Waals surface area (Å²) in [5, 5.41) is 2.54. The lowest BCUT2D eigenvalue weighted by molar-refractivity contribution is 0.0986. The Balaban J connectivity index is 1.86. The zero-order chi connectivity index (χ0) is 20.1. The van der Waals surface area contributed by atoms with Crippen LogP contribution in [0, 0.1) is 5.82 Å². The number of hydrogen-bond donors (Lipinski definition) is 0. The summed E-state index contributed by atoms with van der Waals surface area (Å²) in [6.45, 7) is 1.45. The first kappa shape index (κ1) is 20.6. The molecule has 3 rings (SSSR count). The Morgan fingerprint density at radius 3 is 2.39 bits per heavy atom. The van der Waals surface area contributed by atoms with E-state index in [1.807, 2.05) is 31.6 Å². The minimum Gasteiger partial charge on any atom is -0.309 e. The first-order valence-corrected chi connectivity index (χ1v) is 10.5. The van der Waals surface area contributed by atoms with E-state index < -0.39 is 0 Å². The Morgan fingerprint density at radius 1 is 1.07 bits per heavy atom. The third-order valence-electron chi connectivity index (χ3n) is 4.19. The summed E-state index contributed by atoms with van der Waals surface area (Å²) in [5.74, 6) is -0.360. The summed E-state index contributed by atoms with van der Waals surface area (Å²) in [4.78, 5) is 21.6. The number of carbonyl (C=O) groups excluding carboxylic acids is 1. The van der Waals surface area contributed by atoms with Gasteiger partial charge in [-0.1, -0.05) is 15.9 Å². The first-order chi connectivity index (χ1) is 13.4. The highest BCUT2D eigenvalue weighted by molar-refractivity contribution is 9.10. The second kappa shape index (κ2) is 9.41. The molecule has 7 heteroatoms. The lowest BCUT2D eigenvalue weighted by atomic mass is 10.2. The van der Waals surface area contributed by atoms with Crippen LogP contribution in [0.25, 0.3) is 11.3 Å². The molecule has 0 atom stereocenters. The summed E-state index contributed by atoms with van der Waals surface area (Å²) < 4.78 is 14.1. The smallest absolute Gasteiger partial charge is 0.260 e. The molecule has 3 aromatic rings. The zero-order valence-electron chi connectivity index (χ0n) is 15.7. The molecule has 0 fully saturated rings. The van der Waals surface area contributed by atoms with E-state index in [1.54, 1.807) is 29.2 Å². The van der Waals surface area contributed by atoms with Crippen LogP contribution in [0.5, 0.6) is 0 Å². The predicted molar refractivity (Wildman–Crippen MR) is 116 cm³/mol. The number of amides is 1. The van der Waals surface area contributed by atoms with Gasteiger partial charge in [-0.05, 0) is 75.6 Å². The molecule has 0 radical (unpaired) electrons. The number of halogens is 2. The second-order valence-corrected chi connectivity index (χ2v) is 8.39. The molecule has 0 N–H and O–H groups in total. The number of benzene rings is 2. The number of thiazole rings is 1. The van der Waals surface area contributed by atoms with Crippen LogP contribution in [-0.2, 0) is 0 Å². The SMILES string of the molecule is CN(C)CCCN(C(=O)c1ccc(Br)cc1)c1nc(-c2ccc(F)cc2)cs1. The highest BCUT2D eigenvalue weighted by atomic mass is 79.9. The summed E-state index contributed by atoms with van der Waals surface area (Å²) in [7, 11) is 4.02. The maximum atomic E-state index is 13.2. The van der Waals surface area contributed by atoms with Crippen molar-refractivity contribution in [3.8, 4) is 11.3 Å². The Bertz CT molecular complexity index is 926. The van der Waals surface area contributed by atoms with E-state index in [2.05, 4.69) is 25.8 Å². The molecule has 4 nitrogen and oxygen atoms in total. The topological polar surface area (TPSA) is 36.4 Å². The maximum absolute atomic E-state index is 13.2. The number of nitrogens with zero attached hydrogens (tertiary/aromatic N) is 3. The van der Waals surface area contributed by atoms with E-state index in [0.29, 0.717) is 17.2 Å². The maximum Gasteiger partial charge on any atom is 0.260 e. The Labute approximate surface area is 176 Å². The van der Waals surface area contributed by atoms with Crippen LogP contribution in [0.15, 0.2) is 58.4 Å². The van der Waals surface area contributed by atoms with Crippen molar-refractivity contribution in [3.05, 3.63) is 69.8 Å². The van der Waals surface area contributed by atoms with Gasteiger partial charge in [0, 0.05) is 27.5 Å². The second-order valence-electron chi connectivity index (χ2n) is 6.64. The van der Waals surface area contributed by atoms with Gasteiger partial charge in [-0.2, -0.15) is 0 Å². The summed E-state index contributed by atoms with van der Waals surface area (Å²) in [5.41, 5.74) is 2.18. The van der Waals surface area contributed by atoms with Gasteiger partial charge >= 0.3 is 0 Å². The molecule has 0 aliphatic rings. The molecular formula is C21H21BrFN3OS. The number of hydrogen-bond acceptors (Lipinski definition) is 4. The van der Waals surface area contributed by atoms with Crippen molar-refractivity contribution < 1.29 is 9.18 Å². The van der Waals surface area contributed by atoms with E-state index in [4.69, 9.17) is 0 Å². The molecule has 0 bridgehead atoms. The van der Waals surface area contributed by atoms with Crippen molar-refractivity contribution >= 4 is 38.3 Å². The number of rotatable bonds is 7.